The third-order valence-corrected chi connectivity index (χ3v) is 1.67. The molecule has 2 heterocycles. The quantitative estimate of drug-likeness (QED) is 0.486. The first kappa shape index (κ1) is 16.0. The van der Waals surface area contributed by atoms with Gasteiger partial charge in [-0.05, 0) is 12.1 Å². The number of nitrogens with one attached hydrogen (secondary N) is 1. The van der Waals surface area contributed by atoms with Crippen LogP contribution in [0.4, 0.5) is 13.2 Å². The summed E-state index contributed by atoms with van der Waals surface area (Å²) in [4.78, 5) is 7.08. The van der Waals surface area contributed by atoms with Gasteiger partial charge in [0.15, 0.2) is 5.82 Å². The highest BCUT2D eigenvalue weighted by Gasteiger charge is 2.35. The van der Waals surface area contributed by atoms with Crippen molar-refractivity contribution < 1.29 is 18.6 Å². The average Bonchev–Trinajstić information content (AvgIpc) is 2.82. The summed E-state index contributed by atoms with van der Waals surface area (Å²) in [7, 11) is 0. The molecule has 0 aliphatic rings. The Morgan fingerprint density at radius 2 is 1.89 bits per heavy atom. The second-order valence-electron chi connectivity index (χ2n) is 2.75. The molecular weight excluding hydrogens is 253 g/mol. The van der Waals surface area contributed by atoms with Gasteiger partial charge >= 0.3 is 6.18 Å². The third-order valence-electron chi connectivity index (χ3n) is 1.67. The molecule has 0 aromatic carbocycles. The first-order chi connectivity index (χ1) is 8.07. The Hall–Kier alpha value is -2.04. The lowest BCUT2D eigenvalue weighted by Gasteiger charge is -1.98. The van der Waals surface area contributed by atoms with Gasteiger partial charge in [0.25, 0.3) is 0 Å². The van der Waals surface area contributed by atoms with Gasteiger partial charge < -0.3 is 5.48 Å². The van der Waals surface area contributed by atoms with Crippen molar-refractivity contribution in [2.24, 2.45) is 11.7 Å². The van der Waals surface area contributed by atoms with Crippen LogP contribution in [-0.4, -0.2) is 25.6 Å². The predicted molar refractivity (Wildman–Crippen MR) is 56.6 cm³/mol. The fraction of sp³-hybridized carbons (Fsp3) is 0.125. The van der Waals surface area contributed by atoms with Crippen LogP contribution in [0.2, 0.25) is 0 Å². The van der Waals surface area contributed by atoms with Gasteiger partial charge in [0.2, 0.25) is 5.82 Å². The molecule has 0 atom stereocenters. The maximum atomic E-state index is 12.2. The topological polar surface area (TPSA) is 138 Å². The van der Waals surface area contributed by atoms with Crippen LogP contribution >= 0.6 is 0 Å². The van der Waals surface area contributed by atoms with E-state index in [1.54, 1.807) is 12.1 Å². The van der Waals surface area contributed by atoms with Crippen LogP contribution in [0.1, 0.15) is 5.82 Å². The number of aromatic nitrogens is 4. The highest BCUT2D eigenvalue weighted by Crippen LogP contribution is 2.27. The number of aromatic amines is 1. The minimum atomic E-state index is -4.51. The molecule has 100 valence electrons. The van der Waals surface area contributed by atoms with Gasteiger partial charge in [-0.15, -0.1) is 0 Å². The van der Waals surface area contributed by atoms with Crippen molar-refractivity contribution in [1.29, 1.82) is 0 Å². The standard InChI is InChI=1S/C8H5F3N4.H4N2.H2O/c9-8(10,11)7-13-6(14-15-7)5-2-1-3-12-4-5;1-2;/h1-4H,(H,13,14,15);1-2H2;1H2. The fourth-order valence-electron chi connectivity index (χ4n) is 1.01. The van der Waals surface area contributed by atoms with E-state index in [-0.39, 0.29) is 11.3 Å². The fourth-order valence-corrected chi connectivity index (χ4v) is 1.01. The maximum absolute atomic E-state index is 12.2. The summed E-state index contributed by atoms with van der Waals surface area (Å²) in [6.45, 7) is 0. The molecule has 2 aromatic heterocycles. The van der Waals surface area contributed by atoms with Crippen LogP contribution in [0.5, 0.6) is 0 Å². The number of hydrogen-bond donors (Lipinski definition) is 3. The third kappa shape index (κ3) is 3.76. The number of H-pyrrole nitrogens is 1. The van der Waals surface area contributed by atoms with Crippen LogP contribution in [0.3, 0.4) is 0 Å². The number of rotatable bonds is 1. The Kier molecular flexibility index (Phi) is 5.88. The Morgan fingerprint density at radius 3 is 2.33 bits per heavy atom. The molecule has 10 heteroatoms. The molecule has 0 radical (unpaired) electrons. The van der Waals surface area contributed by atoms with Gasteiger partial charge in [0, 0.05) is 18.0 Å². The van der Waals surface area contributed by atoms with Gasteiger partial charge in [-0.2, -0.15) is 18.3 Å². The normalized spacial score (nSPS) is 10.1. The molecule has 0 unspecified atom stereocenters. The molecule has 0 aliphatic carbocycles. The number of pyridine rings is 1. The summed E-state index contributed by atoms with van der Waals surface area (Å²) in [5, 5.41) is 5.29. The monoisotopic (exact) mass is 264 g/mol. The van der Waals surface area contributed by atoms with E-state index in [1.807, 2.05) is 5.10 Å². The van der Waals surface area contributed by atoms with E-state index in [2.05, 4.69) is 26.8 Å². The molecule has 0 aliphatic heterocycles. The summed E-state index contributed by atoms with van der Waals surface area (Å²) < 4.78 is 36.5. The Morgan fingerprint density at radius 1 is 1.22 bits per heavy atom. The molecule has 0 saturated heterocycles. The number of hydrazine groups is 1. The van der Waals surface area contributed by atoms with Crippen LogP contribution < -0.4 is 11.7 Å². The second kappa shape index (κ2) is 6.64. The van der Waals surface area contributed by atoms with Gasteiger partial charge in [0.1, 0.15) is 0 Å². The second-order valence-corrected chi connectivity index (χ2v) is 2.75. The SMILES string of the molecule is FC(F)(F)c1nc(-c2cccnc2)n[nH]1.NN.O. The van der Waals surface area contributed by atoms with Gasteiger partial charge in [-0.3, -0.25) is 21.8 Å². The molecule has 7 nitrogen and oxygen atoms in total. The maximum Gasteiger partial charge on any atom is 0.451 e. The van der Waals surface area contributed by atoms with E-state index in [9.17, 15) is 13.2 Å². The number of hydrogen-bond acceptors (Lipinski definition) is 5. The molecule has 18 heavy (non-hydrogen) atoms. The van der Waals surface area contributed by atoms with Crippen LogP contribution in [-0.2, 0) is 6.18 Å². The van der Waals surface area contributed by atoms with Crippen molar-refractivity contribution in [2.45, 2.75) is 6.18 Å². The summed E-state index contributed by atoms with van der Waals surface area (Å²) in [6, 6.07) is 3.18. The van der Waals surface area contributed by atoms with E-state index in [0.717, 1.165) is 0 Å². The van der Waals surface area contributed by atoms with Gasteiger partial charge in [-0.25, -0.2) is 4.98 Å². The Balaban J connectivity index is 0.000000917. The van der Waals surface area contributed by atoms with Crippen LogP contribution in [0, 0.1) is 0 Å². The highest BCUT2D eigenvalue weighted by molar-refractivity contribution is 5.52. The van der Waals surface area contributed by atoms with Gasteiger partial charge in [0.05, 0.1) is 0 Å². The van der Waals surface area contributed by atoms with E-state index in [1.165, 1.54) is 12.4 Å². The Labute approximate surface area is 99.3 Å². The largest absolute Gasteiger partial charge is 0.451 e. The number of nitrogens with zero attached hydrogens (tertiary/aromatic N) is 3. The van der Waals surface area contributed by atoms with Crippen molar-refractivity contribution in [1.82, 2.24) is 20.2 Å². The van der Waals surface area contributed by atoms with Crippen molar-refractivity contribution in [3.8, 4) is 11.4 Å². The van der Waals surface area contributed by atoms with E-state index < -0.39 is 12.0 Å². The molecule has 7 N–H and O–H groups in total. The zero-order chi connectivity index (χ0) is 12.9. The van der Waals surface area contributed by atoms with E-state index >= 15 is 0 Å². The summed E-state index contributed by atoms with van der Waals surface area (Å²) in [5.74, 6) is 6.87. The van der Waals surface area contributed by atoms with E-state index in [4.69, 9.17) is 0 Å². The predicted octanol–water partition coefficient (Wildman–Crippen LogP) is -0.120. The molecule has 0 fully saturated rings. The molecule has 0 amide bonds. The molecular formula is C8H11F3N6O. The number of nitrogens with two attached hydrogens (primary N) is 2. The number of halogens is 3. The molecule has 0 spiro atoms. The summed E-state index contributed by atoms with van der Waals surface area (Å²) in [6.07, 6.45) is -1.60. The molecule has 2 aromatic rings. The molecule has 0 bridgehead atoms. The minimum absolute atomic E-state index is 0. The first-order valence-electron chi connectivity index (χ1n) is 4.31. The van der Waals surface area contributed by atoms with Crippen LogP contribution in [0.15, 0.2) is 24.5 Å². The highest BCUT2D eigenvalue weighted by atomic mass is 19.4. The smallest absolute Gasteiger partial charge is 0.412 e. The first-order valence-corrected chi connectivity index (χ1v) is 4.31. The van der Waals surface area contributed by atoms with E-state index in [0.29, 0.717) is 5.56 Å². The summed E-state index contributed by atoms with van der Waals surface area (Å²) in [5.41, 5.74) is 0.434. The molecule has 0 saturated carbocycles. The van der Waals surface area contributed by atoms with Crippen molar-refractivity contribution in [3.63, 3.8) is 0 Å². The zero-order valence-corrected chi connectivity index (χ0v) is 8.94. The zero-order valence-electron chi connectivity index (χ0n) is 8.94. The van der Waals surface area contributed by atoms with Crippen LogP contribution in [0.25, 0.3) is 11.4 Å². The Bertz CT molecular complexity index is 457. The van der Waals surface area contributed by atoms with Crippen molar-refractivity contribution >= 4 is 0 Å². The van der Waals surface area contributed by atoms with Gasteiger partial charge in [-0.1, -0.05) is 0 Å². The van der Waals surface area contributed by atoms with Crippen molar-refractivity contribution in [3.05, 3.63) is 30.4 Å². The lowest BCUT2D eigenvalue weighted by atomic mass is 10.3. The van der Waals surface area contributed by atoms with Crippen molar-refractivity contribution in [2.75, 3.05) is 0 Å². The lowest BCUT2D eigenvalue weighted by molar-refractivity contribution is -0.144. The average molecular weight is 264 g/mol. The minimum Gasteiger partial charge on any atom is -0.412 e. The lowest BCUT2D eigenvalue weighted by Crippen LogP contribution is -2.07. The summed E-state index contributed by atoms with van der Waals surface area (Å²) >= 11 is 0. The molecule has 2 rings (SSSR count). The number of alkyl halides is 3.